The highest BCUT2D eigenvalue weighted by atomic mass is 19.4. The van der Waals surface area contributed by atoms with E-state index in [0.29, 0.717) is 11.4 Å². The van der Waals surface area contributed by atoms with Crippen LogP contribution in [0.3, 0.4) is 0 Å². The second-order valence-corrected chi connectivity index (χ2v) is 5.88. The first kappa shape index (κ1) is 16.5. The van der Waals surface area contributed by atoms with Crippen molar-refractivity contribution in [3.63, 3.8) is 0 Å². The Morgan fingerprint density at radius 1 is 1.08 bits per heavy atom. The van der Waals surface area contributed by atoms with Gasteiger partial charge in [0.05, 0.1) is 11.3 Å². The summed E-state index contributed by atoms with van der Waals surface area (Å²) in [5.41, 5.74) is 0.711. The van der Waals surface area contributed by atoms with Crippen LogP contribution in [-0.2, 0) is 6.18 Å². The van der Waals surface area contributed by atoms with Gasteiger partial charge < -0.3 is 15.3 Å². The van der Waals surface area contributed by atoms with Gasteiger partial charge in [0.25, 0.3) is 0 Å². The summed E-state index contributed by atoms with van der Waals surface area (Å²) in [4.78, 5) is 2.03. The highest BCUT2D eigenvalue weighted by molar-refractivity contribution is 5.56. The van der Waals surface area contributed by atoms with Gasteiger partial charge in [-0.1, -0.05) is 12.1 Å². The normalized spacial score (nSPS) is 16.2. The molecular formula is C18H18F3N2O. The van der Waals surface area contributed by atoms with Gasteiger partial charge in [0.15, 0.2) is 0 Å². The second-order valence-electron chi connectivity index (χ2n) is 5.88. The molecule has 0 saturated carbocycles. The number of phenols is 1. The van der Waals surface area contributed by atoms with Crippen LogP contribution in [-0.4, -0.2) is 24.2 Å². The summed E-state index contributed by atoms with van der Waals surface area (Å²) in [7, 11) is 0. The second kappa shape index (κ2) is 6.63. The molecule has 0 bridgehead atoms. The smallest absolute Gasteiger partial charge is 0.416 e. The molecule has 6 heteroatoms. The molecule has 2 aromatic carbocycles. The van der Waals surface area contributed by atoms with E-state index in [4.69, 9.17) is 0 Å². The number of alkyl halides is 3. The Kier molecular flexibility index (Phi) is 4.55. The predicted octanol–water partition coefficient (Wildman–Crippen LogP) is 4.29. The number of nitrogens with zero attached hydrogens (tertiary/aromatic N) is 1. The van der Waals surface area contributed by atoms with Gasteiger partial charge in [0.2, 0.25) is 0 Å². The minimum atomic E-state index is -4.33. The molecule has 24 heavy (non-hydrogen) atoms. The molecule has 0 atom stereocenters. The fraction of sp³-hybridized carbons (Fsp3) is 0.333. The van der Waals surface area contributed by atoms with Gasteiger partial charge in [-0.05, 0) is 43.2 Å². The highest BCUT2D eigenvalue weighted by Crippen LogP contribution is 2.31. The fourth-order valence-electron chi connectivity index (χ4n) is 2.87. The molecule has 0 unspecified atom stereocenters. The third-order valence-electron chi connectivity index (χ3n) is 4.22. The van der Waals surface area contributed by atoms with Gasteiger partial charge in [-0.25, -0.2) is 0 Å². The average Bonchev–Trinajstić information content (AvgIpc) is 2.57. The van der Waals surface area contributed by atoms with E-state index in [2.05, 4.69) is 11.4 Å². The monoisotopic (exact) mass is 335 g/mol. The topological polar surface area (TPSA) is 35.5 Å². The van der Waals surface area contributed by atoms with Crippen LogP contribution in [0.2, 0.25) is 0 Å². The van der Waals surface area contributed by atoms with Crippen LogP contribution in [0.25, 0.3) is 0 Å². The molecule has 3 rings (SSSR count). The summed E-state index contributed by atoms with van der Waals surface area (Å²) in [6, 6.07) is 13.6. The van der Waals surface area contributed by atoms with E-state index in [1.54, 1.807) is 12.1 Å². The fourth-order valence-corrected chi connectivity index (χ4v) is 2.87. The molecule has 1 saturated heterocycles. The van der Waals surface area contributed by atoms with Crippen molar-refractivity contribution in [1.82, 2.24) is 0 Å². The molecular weight excluding hydrogens is 317 g/mol. The van der Waals surface area contributed by atoms with Gasteiger partial charge in [0.1, 0.15) is 5.75 Å². The van der Waals surface area contributed by atoms with Gasteiger partial charge in [-0.2, -0.15) is 13.2 Å². The summed E-state index contributed by atoms with van der Waals surface area (Å²) >= 11 is 0. The van der Waals surface area contributed by atoms with Crippen molar-refractivity contribution in [2.75, 3.05) is 23.3 Å². The number of aromatic hydroxyl groups is 1. The van der Waals surface area contributed by atoms with Crippen LogP contribution in [0.5, 0.6) is 5.75 Å². The molecule has 1 aliphatic rings. The Bertz CT molecular complexity index is 677. The van der Waals surface area contributed by atoms with Crippen LogP contribution in [0.1, 0.15) is 18.4 Å². The number of hydrogen-bond acceptors (Lipinski definition) is 3. The number of piperidine rings is 1. The Morgan fingerprint density at radius 2 is 1.79 bits per heavy atom. The van der Waals surface area contributed by atoms with Crippen LogP contribution in [0.4, 0.5) is 24.5 Å². The average molecular weight is 335 g/mol. The molecule has 1 fully saturated rings. The molecule has 1 aliphatic heterocycles. The number of rotatable bonds is 3. The molecule has 1 radical (unpaired) electrons. The Balaban J connectivity index is 1.58. The highest BCUT2D eigenvalue weighted by Gasteiger charge is 2.30. The summed E-state index contributed by atoms with van der Waals surface area (Å²) in [5, 5.41) is 13.1. The Hall–Kier alpha value is -2.37. The molecule has 127 valence electrons. The van der Waals surface area contributed by atoms with Gasteiger partial charge in [-0.15, -0.1) is 0 Å². The quantitative estimate of drug-likeness (QED) is 0.821. The lowest BCUT2D eigenvalue weighted by Crippen LogP contribution is -2.39. The Labute approximate surface area is 138 Å². The molecule has 2 aromatic rings. The van der Waals surface area contributed by atoms with Gasteiger partial charge in [0, 0.05) is 30.9 Å². The zero-order chi connectivity index (χ0) is 17.2. The first-order valence-electron chi connectivity index (χ1n) is 7.82. The van der Waals surface area contributed by atoms with E-state index >= 15 is 0 Å². The maximum atomic E-state index is 12.6. The summed E-state index contributed by atoms with van der Waals surface area (Å²) in [5.74, 6) is 0.219. The third kappa shape index (κ3) is 3.75. The van der Waals surface area contributed by atoms with Gasteiger partial charge >= 0.3 is 6.18 Å². The maximum absolute atomic E-state index is 12.6. The molecule has 1 heterocycles. The number of anilines is 2. The number of halogens is 3. The van der Waals surface area contributed by atoms with Crippen molar-refractivity contribution in [3.8, 4) is 5.75 Å². The van der Waals surface area contributed by atoms with Crippen molar-refractivity contribution in [2.24, 2.45) is 0 Å². The summed E-state index contributed by atoms with van der Waals surface area (Å²) in [6.45, 7) is 1.46. The lowest BCUT2D eigenvalue weighted by molar-refractivity contribution is -0.137. The van der Waals surface area contributed by atoms with E-state index in [9.17, 15) is 18.3 Å². The molecule has 3 nitrogen and oxygen atoms in total. The van der Waals surface area contributed by atoms with E-state index < -0.39 is 11.7 Å². The zero-order valence-corrected chi connectivity index (χ0v) is 13.0. The number of phenolic OH excluding ortho intramolecular Hbond substituents is 1. The molecule has 0 aromatic heterocycles. The van der Waals surface area contributed by atoms with E-state index in [-0.39, 0.29) is 11.8 Å². The van der Waals surface area contributed by atoms with E-state index in [1.807, 2.05) is 17.0 Å². The maximum Gasteiger partial charge on any atom is 0.416 e. The van der Waals surface area contributed by atoms with Crippen LogP contribution in [0.15, 0.2) is 42.5 Å². The standard InChI is InChI=1S/C18H18F3N2O/c19-18(20,21)13-5-7-15(8-6-13)23-11-9-14(10-12-23)22-16-3-1-2-4-17(16)24/h1-7,14,22,24H,9-12H2. The Morgan fingerprint density at radius 3 is 2.38 bits per heavy atom. The SMILES string of the molecule is Oc1ccccc1NC1CCN(c2[c]cc(C(F)(F)F)cc2)CC1. The van der Waals surface area contributed by atoms with Crippen molar-refractivity contribution in [3.05, 3.63) is 54.1 Å². The van der Waals surface area contributed by atoms with Crippen LogP contribution < -0.4 is 10.2 Å². The van der Waals surface area contributed by atoms with Crippen molar-refractivity contribution < 1.29 is 18.3 Å². The van der Waals surface area contributed by atoms with E-state index in [0.717, 1.165) is 38.1 Å². The van der Waals surface area contributed by atoms with Crippen molar-refractivity contribution in [2.45, 2.75) is 25.1 Å². The number of para-hydroxylation sites is 2. The largest absolute Gasteiger partial charge is 0.506 e. The molecule has 0 aliphatic carbocycles. The third-order valence-corrected chi connectivity index (χ3v) is 4.22. The van der Waals surface area contributed by atoms with Crippen molar-refractivity contribution in [1.29, 1.82) is 0 Å². The first-order valence-corrected chi connectivity index (χ1v) is 7.82. The summed E-state index contributed by atoms with van der Waals surface area (Å²) < 4.78 is 37.8. The summed E-state index contributed by atoms with van der Waals surface area (Å²) in [6.07, 6.45) is -2.66. The lowest BCUT2D eigenvalue weighted by Gasteiger charge is -2.34. The molecule has 2 N–H and O–H groups in total. The number of hydrogen-bond donors (Lipinski definition) is 2. The van der Waals surface area contributed by atoms with Crippen LogP contribution >= 0.6 is 0 Å². The van der Waals surface area contributed by atoms with Crippen molar-refractivity contribution >= 4 is 11.4 Å². The predicted molar refractivity (Wildman–Crippen MR) is 87.2 cm³/mol. The minimum absolute atomic E-state index is 0.219. The van der Waals surface area contributed by atoms with Gasteiger partial charge in [-0.3, -0.25) is 0 Å². The number of benzene rings is 2. The lowest BCUT2D eigenvalue weighted by atomic mass is 10.0. The first-order chi connectivity index (χ1) is 11.4. The van der Waals surface area contributed by atoms with Crippen LogP contribution in [0, 0.1) is 6.07 Å². The molecule has 0 spiro atoms. The minimum Gasteiger partial charge on any atom is -0.506 e. The zero-order valence-electron chi connectivity index (χ0n) is 13.0. The number of nitrogens with one attached hydrogen (secondary N) is 1. The molecule has 0 amide bonds. The van der Waals surface area contributed by atoms with E-state index in [1.165, 1.54) is 6.07 Å².